The maximum absolute atomic E-state index is 12.2. The van der Waals surface area contributed by atoms with Crippen molar-refractivity contribution < 1.29 is 14.7 Å². The molecule has 0 bridgehead atoms. The Morgan fingerprint density at radius 2 is 2.30 bits per heavy atom. The van der Waals surface area contributed by atoms with Gasteiger partial charge in [0.2, 0.25) is 5.91 Å². The molecular weight excluding hydrogens is 276 g/mol. The lowest BCUT2D eigenvalue weighted by atomic mass is 9.71. The maximum atomic E-state index is 12.2. The molecule has 0 saturated heterocycles. The quantitative estimate of drug-likeness (QED) is 0.791. The Labute approximate surface area is 122 Å². The molecular formula is C14H20N2O3S. The molecule has 0 spiro atoms. The van der Waals surface area contributed by atoms with Crippen molar-refractivity contribution in [3.05, 3.63) is 22.4 Å². The number of nitrogens with one attached hydrogen (secondary N) is 1. The number of nitrogens with two attached hydrogens (primary N) is 1. The van der Waals surface area contributed by atoms with Gasteiger partial charge in [-0.05, 0) is 31.2 Å². The molecule has 2 rings (SSSR count). The molecule has 1 aliphatic rings. The summed E-state index contributed by atoms with van der Waals surface area (Å²) < 4.78 is 0. The number of hydrogen-bond acceptors (Lipinski definition) is 4. The van der Waals surface area contributed by atoms with Gasteiger partial charge in [0.25, 0.3) is 0 Å². The average molecular weight is 296 g/mol. The van der Waals surface area contributed by atoms with Gasteiger partial charge in [0.05, 0.1) is 5.41 Å². The normalized spacial score (nSPS) is 27.8. The molecule has 1 aromatic heterocycles. The van der Waals surface area contributed by atoms with E-state index in [0.717, 1.165) is 17.7 Å². The SMILES string of the molecule is CC1(C(=O)O)CCCCC1NC(=O)C(N)c1cccs1. The molecule has 3 atom stereocenters. The fourth-order valence-corrected chi connectivity index (χ4v) is 3.40. The van der Waals surface area contributed by atoms with Crippen molar-refractivity contribution >= 4 is 23.2 Å². The zero-order chi connectivity index (χ0) is 14.8. The highest BCUT2D eigenvalue weighted by Gasteiger charge is 2.44. The molecule has 0 aliphatic heterocycles. The summed E-state index contributed by atoms with van der Waals surface area (Å²) in [6.45, 7) is 1.70. The molecule has 5 nitrogen and oxygen atoms in total. The topological polar surface area (TPSA) is 92.4 Å². The van der Waals surface area contributed by atoms with Gasteiger partial charge in [-0.15, -0.1) is 11.3 Å². The van der Waals surface area contributed by atoms with Gasteiger partial charge in [0.15, 0.2) is 0 Å². The van der Waals surface area contributed by atoms with Crippen LogP contribution < -0.4 is 11.1 Å². The van der Waals surface area contributed by atoms with E-state index in [1.807, 2.05) is 17.5 Å². The third-order valence-electron chi connectivity index (χ3n) is 4.15. The van der Waals surface area contributed by atoms with Gasteiger partial charge in [-0.3, -0.25) is 9.59 Å². The number of hydrogen-bond donors (Lipinski definition) is 3. The first-order valence-electron chi connectivity index (χ1n) is 6.78. The van der Waals surface area contributed by atoms with E-state index >= 15 is 0 Å². The number of carbonyl (C=O) groups excluding carboxylic acids is 1. The fourth-order valence-electron chi connectivity index (χ4n) is 2.68. The highest BCUT2D eigenvalue weighted by molar-refractivity contribution is 7.10. The molecule has 1 amide bonds. The third-order valence-corrected chi connectivity index (χ3v) is 5.10. The molecule has 6 heteroatoms. The van der Waals surface area contributed by atoms with Crippen LogP contribution in [0.2, 0.25) is 0 Å². The van der Waals surface area contributed by atoms with E-state index in [-0.39, 0.29) is 11.9 Å². The van der Waals surface area contributed by atoms with Crippen LogP contribution in [-0.4, -0.2) is 23.0 Å². The fraction of sp³-hybridized carbons (Fsp3) is 0.571. The first-order valence-corrected chi connectivity index (χ1v) is 7.66. The molecule has 0 aromatic carbocycles. The summed E-state index contributed by atoms with van der Waals surface area (Å²) in [4.78, 5) is 24.5. The predicted octanol–water partition coefficient (Wildman–Crippen LogP) is 1.90. The van der Waals surface area contributed by atoms with Crippen LogP contribution in [-0.2, 0) is 9.59 Å². The summed E-state index contributed by atoms with van der Waals surface area (Å²) in [5, 5.41) is 14.1. The van der Waals surface area contributed by atoms with Crippen LogP contribution in [0.1, 0.15) is 43.5 Å². The van der Waals surface area contributed by atoms with Crippen molar-refractivity contribution in [3.8, 4) is 0 Å². The first kappa shape index (κ1) is 15.0. The van der Waals surface area contributed by atoms with E-state index in [0.29, 0.717) is 12.8 Å². The Balaban J connectivity index is 2.07. The number of carbonyl (C=O) groups is 2. The highest BCUT2D eigenvalue weighted by Crippen LogP contribution is 2.36. The second kappa shape index (κ2) is 5.93. The zero-order valence-corrected chi connectivity index (χ0v) is 12.3. The van der Waals surface area contributed by atoms with Gasteiger partial charge in [0, 0.05) is 10.9 Å². The lowest BCUT2D eigenvalue weighted by Crippen LogP contribution is -2.53. The summed E-state index contributed by atoms with van der Waals surface area (Å²) in [5.74, 6) is -1.15. The molecule has 20 heavy (non-hydrogen) atoms. The Morgan fingerprint density at radius 3 is 2.90 bits per heavy atom. The monoisotopic (exact) mass is 296 g/mol. The number of amides is 1. The molecule has 4 N–H and O–H groups in total. The molecule has 3 unspecified atom stereocenters. The number of rotatable bonds is 4. The van der Waals surface area contributed by atoms with E-state index in [2.05, 4.69) is 5.32 Å². The molecule has 1 aliphatic carbocycles. The lowest BCUT2D eigenvalue weighted by Gasteiger charge is -2.38. The number of thiophene rings is 1. The van der Waals surface area contributed by atoms with Crippen molar-refractivity contribution in [2.45, 2.75) is 44.7 Å². The van der Waals surface area contributed by atoms with Gasteiger partial charge in [-0.2, -0.15) is 0 Å². The van der Waals surface area contributed by atoms with Crippen LogP contribution in [0, 0.1) is 5.41 Å². The summed E-state index contributed by atoms with van der Waals surface area (Å²) in [6, 6.07) is 2.57. The second-order valence-corrected chi connectivity index (χ2v) is 6.50. The molecule has 110 valence electrons. The van der Waals surface area contributed by atoms with Crippen molar-refractivity contribution in [2.24, 2.45) is 11.1 Å². The van der Waals surface area contributed by atoms with Crippen LogP contribution >= 0.6 is 11.3 Å². The summed E-state index contributed by atoms with van der Waals surface area (Å²) >= 11 is 1.43. The van der Waals surface area contributed by atoms with Crippen molar-refractivity contribution in [3.63, 3.8) is 0 Å². The lowest BCUT2D eigenvalue weighted by molar-refractivity contribution is -0.152. The van der Waals surface area contributed by atoms with Crippen molar-refractivity contribution in [1.82, 2.24) is 5.32 Å². The smallest absolute Gasteiger partial charge is 0.311 e. The number of aliphatic carboxylic acids is 1. The Kier molecular flexibility index (Phi) is 4.45. The van der Waals surface area contributed by atoms with E-state index in [1.54, 1.807) is 6.92 Å². The first-order chi connectivity index (χ1) is 9.45. The van der Waals surface area contributed by atoms with Crippen LogP contribution in [0.15, 0.2) is 17.5 Å². The predicted molar refractivity (Wildman–Crippen MR) is 77.4 cm³/mol. The van der Waals surface area contributed by atoms with Crippen molar-refractivity contribution in [2.75, 3.05) is 0 Å². The van der Waals surface area contributed by atoms with Crippen LogP contribution in [0.5, 0.6) is 0 Å². The second-order valence-electron chi connectivity index (χ2n) is 5.52. The summed E-state index contributed by atoms with van der Waals surface area (Å²) in [5.41, 5.74) is 5.02. The minimum atomic E-state index is -0.900. The van der Waals surface area contributed by atoms with E-state index < -0.39 is 17.4 Å². The van der Waals surface area contributed by atoms with Gasteiger partial charge in [-0.25, -0.2) is 0 Å². The van der Waals surface area contributed by atoms with E-state index in [1.165, 1.54) is 11.3 Å². The van der Waals surface area contributed by atoms with Crippen LogP contribution in [0.4, 0.5) is 0 Å². The van der Waals surface area contributed by atoms with Gasteiger partial charge >= 0.3 is 5.97 Å². The van der Waals surface area contributed by atoms with Gasteiger partial charge < -0.3 is 16.2 Å². The molecule has 0 radical (unpaired) electrons. The molecule has 1 saturated carbocycles. The molecule has 1 heterocycles. The van der Waals surface area contributed by atoms with Crippen LogP contribution in [0.25, 0.3) is 0 Å². The molecule has 1 fully saturated rings. The Morgan fingerprint density at radius 1 is 1.55 bits per heavy atom. The maximum Gasteiger partial charge on any atom is 0.311 e. The van der Waals surface area contributed by atoms with Gasteiger partial charge in [-0.1, -0.05) is 18.9 Å². The van der Waals surface area contributed by atoms with Crippen molar-refractivity contribution in [1.29, 1.82) is 0 Å². The van der Waals surface area contributed by atoms with E-state index in [4.69, 9.17) is 5.73 Å². The Bertz CT molecular complexity index is 489. The number of carboxylic acids is 1. The number of carboxylic acid groups (broad SMARTS) is 1. The standard InChI is InChI=1S/C14H20N2O3S/c1-14(13(18)19)7-3-2-6-10(14)16-12(17)11(15)9-5-4-8-20-9/h4-5,8,10-11H,2-3,6-7,15H2,1H3,(H,16,17)(H,18,19). The Hall–Kier alpha value is -1.40. The van der Waals surface area contributed by atoms with Gasteiger partial charge in [0.1, 0.15) is 6.04 Å². The average Bonchev–Trinajstić information content (AvgIpc) is 2.94. The largest absolute Gasteiger partial charge is 0.481 e. The highest BCUT2D eigenvalue weighted by atomic mass is 32.1. The summed E-state index contributed by atoms with van der Waals surface area (Å²) in [6.07, 6.45) is 3.08. The van der Waals surface area contributed by atoms with E-state index in [9.17, 15) is 14.7 Å². The minimum Gasteiger partial charge on any atom is -0.481 e. The summed E-state index contributed by atoms with van der Waals surface area (Å²) in [7, 11) is 0. The van der Waals surface area contributed by atoms with Crippen LogP contribution in [0.3, 0.4) is 0 Å². The zero-order valence-electron chi connectivity index (χ0n) is 11.5. The third kappa shape index (κ3) is 2.86. The molecule has 1 aromatic rings. The minimum absolute atomic E-state index is 0.299.